The Kier molecular flexibility index (Phi) is 6.52. The first-order chi connectivity index (χ1) is 13.1. The molecule has 1 unspecified atom stereocenters. The highest BCUT2D eigenvalue weighted by molar-refractivity contribution is 6.41. The van der Waals surface area contributed by atoms with Crippen molar-refractivity contribution in [1.82, 2.24) is 0 Å². The monoisotopic (exact) mass is 405 g/mol. The average Bonchev–Trinajstić information content (AvgIpc) is 2.66. The Labute approximate surface area is 156 Å². The van der Waals surface area contributed by atoms with Crippen LogP contribution in [-0.4, -0.2) is 30.9 Å². The van der Waals surface area contributed by atoms with Gasteiger partial charge in [-0.3, -0.25) is 4.79 Å². The molecule has 28 heavy (non-hydrogen) atoms. The lowest BCUT2D eigenvalue weighted by atomic mass is 9.89. The fourth-order valence-electron chi connectivity index (χ4n) is 2.71. The number of rotatable bonds is 5. The summed E-state index contributed by atoms with van der Waals surface area (Å²) in [6.45, 7) is 4.22. The summed E-state index contributed by atoms with van der Waals surface area (Å²) in [5.74, 6) is -13.9. The molecule has 0 bridgehead atoms. The summed E-state index contributed by atoms with van der Waals surface area (Å²) < 4.78 is 78.5. The zero-order chi connectivity index (χ0) is 21.2. The smallest absolute Gasteiger partial charge is 0.353 e. The lowest BCUT2D eigenvalue weighted by molar-refractivity contribution is -0.147. The quantitative estimate of drug-likeness (QED) is 0.324. The van der Waals surface area contributed by atoms with Crippen LogP contribution in [-0.2, 0) is 19.1 Å². The van der Waals surface area contributed by atoms with Crippen LogP contribution in [0.5, 0.6) is 0 Å². The van der Waals surface area contributed by atoms with E-state index in [0.717, 1.165) is 0 Å². The van der Waals surface area contributed by atoms with Crippen molar-refractivity contribution in [2.45, 2.75) is 27.2 Å². The normalized spacial score (nSPS) is 16.7. The Balaban J connectivity index is 2.68. The van der Waals surface area contributed by atoms with E-state index < -0.39 is 63.9 Å². The molecule has 0 aromatic heterocycles. The predicted octanol–water partition coefficient (Wildman–Crippen LogP) is 3.70. The zero-order valence-corrected chi connectivity index (χ0v) is 15.2. The highest BCUT2D eigenvalue weighted by Gasteiger charge is 2.38. The molecule has 10 heteroatoms. The van der Waals surface area contributed by atoms with Gasteiger partial charge in [0.1, 0.15) is 11.6 Å². The highest BCUT2D eigenvalue weighted by atomic mass is 19.2. The Hall–Kier alpha value is -2.78. The van der Waals surface area contributed by atoms with Crippen LogP contribution in [0.25, 0.3) is 5.70 Å². The van der Waals surface area contributed by atoms with E-state index in [1.54, 1.807) is 0 Å². The van der Waals surface area contributed by atoms with E-state index in [1.165, 1.54) is 20.8 Å². The second-order valence-corrected chi connectivity index (χ2v) is 5.80. The van der Waals surface area contributed by atoms with Crippen molar-refractivity contribution in [3.05, 3.63) is 40.2 Å². The SMILES string of the molecule is CCOC(=O)C1=NC(c2c(F)c(F)c(F)c(F)c2F)=C(C)CC1C(=O)OCC. The number of benzene rings is 1. The zero-order valence-electron chi connectivity index (χ0n) is 15.2. The van der Waals surface area contributed by atoms with Crippen LogP contribution in [0.2, 0.25) is 0 Å². The third-order valence-corrected chi connectivity index (χ3v) is 3.98. The molecule has 5 nitrogen and oxygen atoms in total. The molecule has 1 aromatic carbocycles. The number of carbonyl (C=O) groups excluding carboxylic acids is 2. The molecular weight excluding hydrogens is 389 g/mol. The molecule has 1 heterocycles. The predicted molar refractivity (Wildman–Crippen MR) is 87.6 cm³/mol. The number of esters is 2. The summed E-state index contributed by atoms with van der Waals surface area (Å²) in [6.07, 6.45) is -0.273. The van der Waals surface area contributed by atoms with Crippen LogP contribution in [0, 0.1) is 35.0 Å². The molecule has 0 N–H and O–H groups in total. The molecule has 0 fully saturated rings. The molecule has 2 rings (SSSR count). The van der Waals surface area contributed by atoms with Gasteiger partial charge in [0.2, 0.25) is 5.82 Å². The van der Waals surface area contributed by atoms with E-state index in [9.17, 15) is 31.5 Å². The summed E-state index contributed by atoms with van der Waals surface area (Å²) in [4.78, 5) is 28.1. The first-order valence-electron chi connectivity index (χ1n) is 8.29. The van der Waals surface area contributed by atoms with Crippen LogP contribution in [0.15, 0.2) is 10.6 Å². The summed E-state index contributed by atoms with van der Waals surface area (Å²) in [6, 6.07) is 0. The first kappa shape index (κ1) is 21.5. The molecular formula is C18H16F5NO4. The summed E-state index contributed by atoms with van der Waals surface area (Å²) in [5.41, 5.74) is -2.41. The molecule has 0 saturated heterocycles. The molecule has 0 amide bonds. The topological polar surface area (TPSA) is 65.0 Å². The second kappa shape index (κ2) is 8.49. The van der Waals surface area contributed by atoms with Crippen molar-refractivity contribution in [2.24, 2.45) is 10.9 Å². The van der Waals surface area contributed by atoms with E-state index >= 15 is 0 Å². The molecule has 1 atom stereocenters. The van der Waals surface area contributed by atoms with Crippen molar-refractivity contribution in [2.75, 3.05) is 13.2 Å². The highest BCUT2D eigenvalue weighted by Crippen LogP contribution is 2.36. The summed E-state index contributed by atoms with van der Waals surface area (Å²) in [5, 5.41) is 0. The standard InChI is InChI=1S/C18H16F5NO4/c1-4-27-17(25)8-6-7(3)15(24-16(8)18(26)28-5-2)9-10(19)12(21)14(23)13(22)11(9)20/h8H,4-6H2,1-3H3. The third kappa shape index (κ3) is 3.76. The van der Waals surface area contributed by atoms with E-state index in [1.807, 2.05) is 0 Å². The minimum Gasteiger partial charge on any atom is -0.465 e. The van der Waals surface area contributed by atoms with Gasteiger partial charge in [-0.2, -0.15) is 0 Å². The maximum atomic E-state index is 14.2. The van der Waals surface area contributed by atoms with E-state index in [0.29, 0.717) is 0 Å². The van der Waals surface area contributed by atoms with Crippen LogP contribution in [0.4, 0.5) is 22.0 Å². The van der Waals surface area contributed by atoms with Crippen molar-refractivity contribution >= 4 is 23.3 Å². The fraction of sp³-hybridized carbons (Fsp3) is 0.389. The first-order valence-corrected chi connectivity index (χ1v) is 8.29. The van der Waals surface area contributed by atoms with Gasteiger partial charge < -0.3 is 9.47 Å². The lowest BCUT2D eigenvalue weighted by Gasteiger charge is -2.24. The number of ether oxygens (including phenoxy) is 2. The number of hydrogen-bond donors (Lipinski definition) is 0. The maximum absolute atomic E-state index is 14.2. The molecule has 1 aliphatic rings. The van der Waals surface area contributed by atoms with Crippen LogP contribution in [0.3, 0.4) is 0 Å². The van der Waals surface area contributed by atoms with E-state index in [-0.39, 0.29) is 25.2 Å². The molecule has 152 valence electrons. The van der Waals surface area contributed by atoms with Crippen molar-refractivity contribution in [1.29, 1.82) is 0 Å². The number of allylic oxidation sites excluding steroid dienone is 1. The minimum absolute atomic E-state index is 0.00129. The average molecular weight is 405 g/mol. The Morgan fingerprint density at radius 1 is 0.929 bits per heavy atom. The van der Waals surface area contributed by atoms with Gasteiger partial charge in [-0.1, -0.05) is 0 Å². The van der Waals surface area contributed by atoms with Gasteiger partial charge in [0, 0.05) is 0 Å². The van der Waals surface area contributed by atoms with Gasteiger partial charge >= 0.3 is 11.9 Å². The summed E-state index contributed by atoms with van der Waals surface area (Å²) in [7, 11) is 0. The number of hydrogen-bond acceptors (Lipinski definition) is 5. The van der Waals surface area contributed by atoms with Gasteiger partial charge in [0.15, 0.2) is 23.3 Å². The molecule has 0 spiro atoms. The van der Waals surface area contributed by atoms with Crippen molar-refractivity contribution in [3.8, 4) is 0 Å². The number of aliphatic imine (C=N–C) groups is 1. The second-order valence-electron chi connectivity index (χ2n) is 5.80. The molecule has 1 aromatic rings. The number of nitrogens with zero attached hydrogens (tertiary/aromatic N) is 1. The maximum Gasteiger partial charge on any atom is 0.353 e. The Bertz CT molecular complexity index is 865. The lowest BCUT2D eigenvalue weighted by Crippen LogP contribution is -2.35. The van der Waals surface area contributed by atoms with Gasteiger partial charge in [-0.15, -0.1) is 0 Å². The number of halogens is 5. The van der Waals surface area contributed by atoms with Gasteiger partial charge in [0.25, 0.3) is 0 Å². The van der Waals surface area contributed by atoms with Crippen LogP contribution >= 0.6 is 0 Å². The van der Waals surface area contributed by atoms with Gasteiger partial charge in [-0.05, 0) is 32.8 Å². The van der Waals surface area contributed by atoms with Crippen molar-refractivity contribution < 1.29 is 41.0 Å². The van der Waals surface area contributed by atoms with E-state index in [4.69, 9.17) is 9.47 Å². The van der Waals surface area contributed by atoms with Gasteiger partial charge in [-0.25, -0.2) is 31.7 Å². The molecule has 0 saturated carbocycles. The Morgan fingerprint density at radius 3 is 1.93 bits per heavy atom. The minimum atomic E-state index is -2.31. The van der Waals surface area contributed by atoms with Crippen LogP contribution in [0.1, 0.15) is 32.8 Å². The summed E-state index contributed by atoms with van der Waals surface area (Å²) >= 11 is 0. The molecule has 0 radical (unpaired) electrons. The molecule has 1 aliphatic heterocycles. The van der Waals surface area contributed by atoms with Gasteiger partial charge in [0.05, 0.1) is 24.5 Å². The molecule has 0 aliphatic carbocycles. The van der Waals surface area contributed by atoms with Crippen molar-refractivity contribution in [3.63, 3.8) is 0 Å². The Morgan fingerprint density at radius 2 is 1.43 bits per heavy atom. The third-order valence-electron chi connectivity index (χ3n) is 3.98. The number of carbonyl (C=O) groups is 2. The van der Waals surface area contributed by atoms with E-state index in [2.05, 4.69) is 4.99 Å². The fourth-order valence-corrected chi connectivity index (χ4v) is 2.71. The van der Waals surface area contributed by atoms with Crippen LogP contribution < -0.4 is 0 Å². The largest absolute Gasteiger partial charge is 0.465 e.